The van der Waals surface area contributed by atoms with Crippen LogP contribution < -0.4 is 5.32 Å². The van der Waals surface area contributed by atoms with E-state index in [0.29, 0.717) is 11.3 Å². The Balaban J connectivity index is 0.000000256. The molecule has 0 saturated carbocycles. The van der Waals surface area contributed by atoms with Crippen LogP contribution in [0.5, 0.6) is 0 Å². The van der Waals surface area contributed by atoms with Crippen LogP contribution >= 0.6 is 0 Å². The lowest BCUT2D eigenvalue weighted by molar-refractivity contribution is -0.191. The van der Waals surface area contributed by atoms with Crippen molar-refractivity contribution in [2.24, 2.45) is 0 Å². The number of hydrogen-bond acceptors (Lipinski definition) is 6. The minimum Gasteiger partial charge on any atom is -0.444 e. The van der Waals surface area contributed by atoms with E-state index in [0.717, 1.165) is 40.5 Å². The molecule has 190 valence electrons. The lowest BCUT2D eigenvalue weighted by atomic mass is 10.2. The molecule has 0 saturated heterocycles. The van der Waals surface area contributed by atoms with Crippen LogP contribution in [0.4, 0.5) is 10.5 Å². The van der Waals surface area contributed by atoms with Crippen molar-refractivity contribution in [3.63, 3.8) is 0 Å². The number of aromatic nitrogens is 2. The fourth-order valence-electron chi connectivity index (χ4n) is 3.74. The Hall–Kier alpha value is -4.85. The molecular weight excluding hydrogens is 470 g/mol. The number of fused-ring (bicyclic) bond motifs is 2. The Morgan fingerprint density at radius 2 is 1.41 bits per heavy atom. The molecule has 0 aliphatic rings. The molecule has 0 aliphatic heterocycles. The number of nitrogens with one attached hydrogen (secondary N) is 1. The molecule has 0 bridgehead atoms. The largest absolute Gasteiger partial charge is 0.444 e. The van der Waals surface area contributed by atoms with Crippen molar-refractivity contribution in [1.29, 1.82) is 10.5 Å². The molecule has 2 aromatic heterocycles. The first-order valence-electron chi connectivity index (χ1n) is 11.6. The van der Waals surface area contributed by atoms with E-state index < -0.39 is 11.7 Å². The van der Waals surface area contributed by atoms with E-state index in [1.54, 1.807) is 6.07 Å². The van der Waals surface area contributed by atoms with Crippen molar-refractivity contribution in [1.82, 2.24) is 9.13 Å². The van der Waals surface area contributed by atoms with Crippen LogP contribution in [-0.4, -0.2) is 27.0 Å². The molecule has 0 spiro atoms. The summed E-state index contributed by atoms with van der Waals surface area (Å²) in [6.45, 7) is 11.2. The van der Waals surface area contributed by atoms with E-state index >= 15 is 0 Å². The SMILES string of the molecule is CCn1cc(C#N)c2ccc(NC(=O)OC(C)(C)C)cc21.CCn1cc(C#N)c2ccccc21.O=C=O. The van der Waals surface area contributed by atoms with Crippen molar-refractivity contribution in [2.75, 3.05) is 5.32 Å². The van der Waals surface area contributed by atoms with E-state index in [1.807, 2.05) is 81.1 Å². The predicted molar refractivity (Wildman–Crippen MR) is 140 cm³/mol. The highest BCUT2D eigenvalue weighted by Gasteiger charge is 2.17. The van der Waals surface area contributed by atoms with E-state index in [-0.39, 0.29) is 6.15 Å². The number of ether oxygens (including phenoxy) is 1. The van der Waals surface area contributed by atoms with Crippen molar-refractivity contribution < 1.29 is 19.1 Å². The minimum absolute atomic E-state index is 0.250. The average Bonchev–Trinajstić information content (AvgIpc) is 3.41. The molecule has 0 fully saturated rings. The second-order valence-electron chi connectivity index (χ2n) is 8.84. The number of rotatable bonds is 3. The smallest absolute Gasteiger partial charge is 0.412 e. The van der Waals surface area contributed by atoms with Crippen LogP contribution in [0.25, 0.3) is 21.8 Å². The molecule has 4 rings (SSSR count). The Kier molecular flexibility index (Phi) is 9.77. The molecular formula is C28H29N5O4. The first kappa shape index (κ1) is 28.4. The van der Waals surface area contributed by atoms with Gasteiger partial charge >= 0.3 is 12.2 Å². The van der Waals surface area contributed by atoms with E-state index in [9.17, 15) is 4.79 Å². The third-order valence-electron chi connectivity index (χ3n) is 5.24. The summed E-state index contributed by atoms with van der Waals surface area (Å²) in [4.78, 5) is 28.0. The van der Waals surface area contributed by atoms with E-state index in [2.05, 4.69) is 28.9 Å². The van der Waals surface area contributed by atoms with Crippen LogP contribution in [0.3, 0.4) is 0 Å². The maximum Gasteiger partial charge on any atom is 0.412 e. The monoisotopic (exact) mass is 499 g/mol. The molecule has 9 nitrogen and oxygen atoms in total. The highest BCUT2D eigenvalue weighted by molar-refractivity contribution is 5.93. The molecule has 37 heavy (non-hydrogen) atoms. The van der Waals surface area contributed by atoms with Gasteiger partial charge in [0, 0.05) is 47.5 Å². The van der Waals surface area contributed by atoms with Gasteiger partial charge in [-0.15, -0.1) is 0 Å². The fraction of sp³-hybridized carbons (Fsp3) is 0.286. The zero-order valence-corrected chi connectivity index (χ0v) is 21.5. The van der Waals surface area contributed by atoms with Crippen molar-refractivity contribution in [3.05, 3.63) is 66.0 Å². The minimum atomic E-state index is -0.536. The lowest BCUT2D eigenvalue weighted by Gasteiger charge is -2.19. The number of anilines is 1. The van der Waals surface area contributed by atoms with Gasteiger partial charge in [0.15, 0.2) is 0 Å². The van der Waals surface area contributed by atoms with Crippen molar-refractivity contribution in [2.45, 2.75) is 53.3 Å². The first-order chi connectivity index (χ1) is 17.6. The molecule has 0 aliphatic carbocycles. The maximum atomic E-state index is 11.8. The topological polar surface area (TPSA) is 130 Å². The third kappa shape index (κ3) is 7.32. The number of para-hydroxylation sites is 1. The van der Waals surface area contributed by atoms with E-state index in [4.69, 9.17) is 24.8 Å². The van der Waals surface area contributed by atoms with Crippen molar-refractivity contribution in [3.8, 4) is 12.1 Å². The van der Waals surface area contributed by atoms with Gasteiger partial charge in [-0.1, -0.05) is 18.2 Å². The second-order valence-corrected chi connectivity index (χ2v) is 8.84. The number of carbonyl (C=O) groups excluding carboxylic acids is 3. The molecule has 2 heterocycles. The number of amides is 1. The summed E-state index contributed by atoms with van der Waals surface area (Å²) in [5, 5.41) is 22.7. The number of hydrogen-bond donors (Lipinski definition) is 1. The Bertz CT molecular complexity index is 1500. The summed E-state index contributed by atoms with van der Waals surface area (Å²) < 4.78 is 9.30. The van der Waals surface area contributed by atoms with Crippen LogP contribution in [0.1, 0.15) is 45.7 Å². The molecule has 9 heteroatoms. The fourth-order valence-corrected chi connectivity index (χ4v) is 3.74. The summed E-state index contributed by atoms with van der Waals surface area (Å²) in [6.07, 6.45) is 3.49. The zero-order valence-electron chi connectivity index (χ0n) is 21.5. The second kappa shape index (κ2) is 12.7. The van der Waals surface area contributed by atoms with Gasteiger partial charge in [0.05, 0.1) is 16.6 Å². The predicted octanol–water partition coefficient (Wildman–Crippen LogP) is 5.83. The van der Waals surface area contributed by atoms with Gasteiger partial charge in [-0.2, -0.15) is 20.1 Å². The zero-order chi connectivity index (χ0) is 27.6. The van der Waals surface area contributed by atoms with Gasteiger partial charge in [-0.25, -0.2) is 4.79 Å². The Labute approximate surface area is 215 Å². The first-order valence-corrected chi connectivity index (χ1v) is 11.6. The quantitative estimate of drug-likeness (QED) is 0.377. The highest BCUT2D eigenvalue weighted by Crippen LogP contribution is 2.25. The van der Waals surface area contributed by atoms with Crippen LogP contribution in [-0.2, 0) is 27.4 Å². The number of nitriles is 2. The van der Waals surface area contributed by atoms with Gasteiger partial charge in [-0.05, 0) is 58.9 Å². The number of benzene rings is 2. The van der Waals surface area contributed by atoms with Crippen molar-refractivity contribution >= 4 is 39.7 Å². The molecule has 0 radical (unpaired) electrons. The van der Waals surface area contributed by atoms with Gasteiger partial charge in [-0.3, -0.25) is 5.32 Å². The summed E-state index contributed by atoms with van der Waals surface area (Å²) in [5.74, 6) is 0. The van der Waals surface area contributed by atoms with Gasteiger partial charge in [0.1, 0.15) is 17.7 Å². The summed E-state index contributed by atoms with van der Waals surface area (Å²) in [6, 6.07) is 17.8. The maximum absolute atomic E-state index is 11.8. The Morgan fingerprint density at radius 1 is 0.892 bits per heavy atom. The molecule has 1 amide bonds. The van der Waals surface area contributed by atoms with Crippen LogP contribution in [0.2, 0.25) is 0 Å². The van der Waals surface area contributed by atoms with Gasteiger partial charge in [0.2, 0.25) is 0 Å². The lowest BCUT2D eigenvalue weighted by Crippen LogP contribution is -2.27. The molecule has 0 atom stereocenters. The highest BCUT2D eigenvalue weighted by atomic mass is 16.6. The molecule has 1 N–H and O–H groups in total. The molecule has 4 aromatic rings. The van der Waals surface area contributed by atoms with Gasteiger partial charge < -0.3 is 13.9 Å². The third-order valence-corrected chi connectivity index (χ3v) is 5.24. The van der Waals surface area contributed by atoms with Gasteiger partial charge in [0.25, 0.3) is 0 Å². The standard InChI is InChI=1S/C16H19N3O2.C11H10N2.CO2/c1-5-19-10-11(9-17)13-7-6-12(8-14(13)19)18-15(20)21-16(2,3)4;1-2-13-8-9(7-12)10-5-3-4-6-11(10)13;2-1-3/h6-8,10H,5H2,1-4H3,(H,18,20);3-6,8H,2H2,1H3;. The number of carbonyl (C=O) groups is 1. The van der Waals surface area contributed by atoms with Crippen LogP contribution in [0.15, 0.2) is 54.9 Å². The summed E-state index contributed by atoms with van der Waals surface area (Å²) in [7, 11) is 0. The van der Waals surface area contributed by atoms with E-state index in [1.165, 1.54) is 0 Å². The van der Waals surface area contributed by atoms with Crippen LogP contribution in [0, 0.1) is 22.7 Å². The summed E-state index contributed by atoms with van der Waals surface area (Å²) >= 11 is 0. The molecule has 0 unspecified atom stereocenters. The number of nitrogens with zero attached hydrogens (tertiary/aromatic N) is 4. The summed E-state index contributed by atoms with van der Waals surface area (Å²) in [5.41, 5.74) is 3.57. The Morgan fingerprint density at radius 3 is 1.92 bits per heavy atom. The molecule has 2 aromatic carbocycles. The number of aryl methyl sites for hydroxylation is 2. The average molecular weight is 500 g/mol. The normalized spacial score (nSPS) is 10.1.